The van der Waals surface area contributed by atoms with Crippen LogP contribution in [0.3, 0.4) is 0 Å². The van der Waals surface area contributed by atoms with Gasteiger partial charge in [-0.25, -0.2) is 0 Å². The third kappa shape index (κ3) is 4.75. The molecular weight excluding hydrogens is 282 g/mol. The third-order valence-electron chi connectivity index (χ3n) is 3.95. The average Bonchev–Trinajstić information content (AvgIpc) is 3.00. The number of rotatable bonds is 5. The van der Waals surface area contributed by atoms with Crippen molar-refractivity contribution in [2.24, 2.45) is 5.92 Å². The maximum atomic E-state index is 12.1. The molecule has 0 aliphatic heterocycles. The zero-order valence-electron chi connectivity index (χ0n) is 12.4. The summed E-state index contributed by atoms with van der Waals surface area (Å²) in [6.07, 6.45) is 11.9. The van der Waals surface area contributed by atoms with Crippen molar-refractivity contribution < 1.29 is 4.79 Å². The molecule has 1 atom stereocenters. The number of allylic oxidation sites excluding steroid dienone is 3. The van der Waals surface area contributed by atoms with Gasteiger partial charge in [-0.3, -0.25) is 4.79 Å². The first-order valence-corrected chi connectivity index (χ1v) is 7.94. The van der Waals surface area contributed by atoms with E-state index in [0.29, 0.717) is 5.92 Å². The number of halogens is 1. The average molecular weight is 304 g/mol. The van der Waals surface area contributed by atoms with Crippen LogP contribution < -0.4 is 5.32 Å². The van der Waals surface area contributed by atoms with Crippen LogP contribution in [0.5, 0.6) is 0 Å². The Labute approximate surface area is 131 Å². The van der Waals surface area contributed by atoms with Crippen molar-refractivity contribution >= 4 is 17.5 Å². The van der Waals surface area contributed by atoms with Gasteiger partial charge in [0.1, 0.15) is 0 Å². The minimum absolute atomic E-state index is 0.0417. The fraction of sp³-hybridized carbons (Fsp3) is 0.389. The van der Waals surface area contributed by atoms with Gasteiger partial charge in [0.2, 0.25) is 5.91 Å². The quantitative estimate of drug-likeness (QED) is 0.613. The van der Waals surface area contributed by atoms with E-state index in [-0.39, 0.29) is 11.9 Å². The lowest BCUT2D eigenvalue weighted by molar-refractivity contribution is -0.117. The summed E-state index contributed by atoms with van der Waals surface area (Å²) in [5.74, 6) is 0.477. The molecule has 0 heterocycles. The molecule has 1 unspecified atom stereocenters. The molecule has 1 fully saturated rings. The van der Waals surface area contributed by atoms with E-state index in [1.165, 1.54) is 25.7 Å². The first-order valence-electron chi connectivity index (χ1n) is 7.56. The Morgan fingerprint density at radius 3 is 2.52 bits per heavy atom. The molecule has 0 spiro atoms. The highest BCUT2D eigenvalue weighted by atomic mass is 35.5. The summed E-state index contributed by atoms with van der Waals surface area (Å²) >= 11 is 5.96. The van der Waals surface area contributed by atoms with E-state index in [1.54, 1.807) is 12.2 Å². The summed E-state index contributed by atoms with van der Waals surface area (Å²) < 4.78 is 0. The van der Waals surface area contributed by atoms with Crippen LogP contribution in [-0.2, 0) is 4.79 Å². The van der Waals surface area contributed by atoms with Crippen LogP contribution in [0, 0.1) is 5.92 Å². The zero-order valence-corrected chi connectivity index (χ0v) is 13.1. The monoisotopic (exact) mass is 303 g/mol. The van der Waals surface area contributed by atoms with Gasteiger partial charge in [-0.2, -0.15) is 0 Å². The molecule has 3 heteroatoms. The van der Waals surface area contributed by atoms with Gasteiger partial charge in [-0.05, 0) is 43.4 Å². The minimum atomic E-state index is -0.0417. The summed E-state index contributed by atoms with van der Waals surface area (Å²) in [5.41, 5.74) is 1.14. The Balaban J connectivity index is 2.12. The Hall–Kier alpha value is -1.54. The Kier molecular flexibility index (Phi) is 6.06. The van der Waals surface area contributed by atoms with Crippen LogP contribution in [0.4, 0.5) is 0 Å². The predicted molar refractivity (Wildman–Crippen MR) is 88.2 cm³/mol. The van der Waals surface area contributed by atoms with E-state index in [1.807, 2.05) is 43.3 Å². The van der Waals surface area contributed by atoms with Gasteiger partial charge in [-0.1, -0.05) is 54.8 Å². The Bertz CT molecular complexity index is 513. The van der Waals surface area contributed by atoms with Gasteiger partial charge in [0, 0.05) is 11.1 Å². The van der Waals surface area contributed by atoms with Gasteiger partial charge in [0.05, 0.1) is 6.04 Å². The second kappa shape index (κ2) is 8.04. The lowest BCUT2D eigenvalue weighted by atomic mass is 9.91. The van der Waals surface area contributed by atoms with Crippen LogP contribution in [0.15, 0.2) is 48.6 Å². The van der Waals surface area contributed by atoms with Crippen molar-refractivity contribution in [3.8, 4) is 0 Å². The molecule has 21 heavy (non-hydrogen) atoms. The topological polar surface area (TPSA) is 29.1 Å². The van der Waals surface area contributed by atoms with Crippen molar-refractivity contribution in [2.75, 3.05) is 0 Å². The molecule has 2 nitrogen and oxygen atoms in total. The largest absolute Gasteiger partial charge is 0.345 e. The van der Waals surface area contributed by atoms with Gasteiger partial charge >= 0.3 is 0 Å². The summed E-state index contributed by atoms with van der Waals surface area (Å²) in [4.78, 5) is 12.1. The highest BCUT2D eigenvalue weighted by Gasteiger charge is 2.27. The van der Waals surface area contributed by atoms with Crippen LogP contribution in [0.1, 0.15) is 44.2 Å². The molecule has 1 amide bonds. The maximum Gasteiger partial charge on any atom is 0.244 e. The zero-order chi connectivity index (χ0) is 15.1. The second-order valence-corrected chi connectivity index (χ2v) is 5.90. The van der Waals surface area contributed by atoms with Crippen molar-refractivity contribution in [3.05, 3.63) is 59.2 Å². The number of amides is 1. The summed E-state index contributed by atoms with van der Waals surface area (Å²) in [7, 11) is 0. The number of carbonyl (C=O) groups excluding carboxylic acids is 1. The molecule has 0 aromatic heterocycles. The number of benzene rings is 1. The number of hydrogen-bond donors (Lipinski definition) is 1. The van der Waals surface area contributed by atoms with Gasteiger partial charge < -0.3 is 5.32 Å². The Morgan fingerprint density at radius 2 is 1.90 bits per heavy atom. The minimum Gasteiger partial charge on any atom is -0.345 e. The standard InChI is InChI=1S/C18H22ClNO/c1-2-3-4-9-17(21)20-18(14-7-5-6-8-14)15-10-12-16(19)13-11-15/h2-4,9-14,18H,5-8H2,1H3,(H,20,21). The van der Waals surface area contributed by atoms with Gasteiger partial charge in [0.25, 0.3) is 0 Å². The van der Waals surface area contributed by atoms with Crippen molar-refractivity contribution in [3.63, 3.8) is 0 Å². The fourth-order valence-corrected chi connectivity index (χ4v) is 3.02. The molecular formula is C18H22ClNO. The molecule has 0 saturated heterocycles. The molecule has 1 aliphatic rings. The summed E-state index contributed by atoms with van der Waals surface area (Å²) in [6, 6.07) is 7.89. The third-order valence-corrected chi connectivity index (χ3v) is 4.20. The van der Waals surface area contributed by atoms with Crippen LogP contribution in [0.25, 0.3) is 0 Å². The lowest BCUT2D eigenvalue weighted by Gasteiger charge is -2.24. The second-order valence-electron chi connectivity index (χ2n) is 5.47. The molecule has 0 bridgehead atoms. The molecule has 2 rings (SSSR count). The fourth-order valence-electron chi connectivity index (χ4n) is 2.89. The van der Waals surface area contributed by atoms with Crippen LogP contribution in [0.2, 0.25) is 5.02 Å². The SMILES string of the molecule is CC=CC=CC(=O)NC(c1ccc(Cl)cc1)C1CCCC1. The van der Waals surface area contributed by atoms with E-state index < -0.39 is 0 Å². The van der Waals surface area contributed by atoms with Crippen molar-refractivity contribution in [1.29, 1.82) is 0 Å². The number of hydrogen-bond acceptors (Lipinski definition) is 1. The van der Waals surface area contributed by atoms with E-state index >= 15 is 0 Å². The highest BCUT2D eigenvalue weighted by Crippen LogP contribution is 2.36. The first kappa shape index (κ1) is 15.8. The summed E-state index contributed by atoms with van der Waals surface area (Å²) in [5, 5.41) is 3.88. The molecule has 1 saturated carbocycles. The molecule has 1 aliphatic carbocycles. The summed E-state index contributed by atoms with van der Waals surface area (Å²) in [6.45, 7) is 1.93. The maximum absolute atomic E-state index is 12.1. The van der Waals surface area contributed by atoms with Crippen molar-refractivity contribution in [1.82, 2.24) is 5.32 Å². The molecule has 0 radical (unpaired) electrons. The highest BCUT2D eigenvalue weighted by molar-refractivity contribution is 6.30. The van der Waals surface area contributed by atoms with E-state index in [2.05, 4.69) is 5.32 Å². The predicted octanol–water partition coefficient (Wildman–Crippen LogP) is 4.82. The van der Waals surface area contributed by atoms with Crippen LogP contribution >= 0.6 is 11.6 Å². The normalized spacial score (nSPS) is 17.6. The van der Waals surface area contributed by atoms with E-state index in [0.717, 1.165) is 10.6 Å². The van der Waals surface area contributed by atoms with Gasteiger partial charge in [0.15, 0.2) is 0 Å². The van der Waals surface area contributed by atoms with E-state index in [4.69, 9.17) is 11.6 Å². The number of carbonyl (C=O) groups is 1. The molecule has 112 valence electrons. The molecule has 1 aromatic carbocycles. The number of nitrogens with one attached hydrogen (secondary N) is 1. The molecule has 1 aromatic rings. The lowest BCUT2D eigenvalue weighted by Crippen LogP contribution is -2.31. The Morgan fingerprint density at radius 1 is 1.24 bits per heavy atom. The first-order chi connectivity index (χ1) is 10.2. The molecule has 1 N–H and O–H groups in total. The smallest absolute Gasteiger partial charge is 0.244 e. The van der Waals surface area contributed by atoms with E-state index in [9.17, 15) is 4.79 Å². The van der Waals surface area contributed by atoms with Gasteiger partial charge in [-0.15, -0.1) is 0 Å². The van der Waals surface area contributed by atoms with Crippen molar-refractivity contribution in [2.45, 2.75) is 38.6 Å². The van der Waals surface area contributed by atoms with Crippen LogP contribution in [-0.4, -0.2) is 5.91 Å².